The van der Waals surface area contributed by atoms with Crippen LogP contribution in [0.4, 0.5) is 4.79 Å². The van der Waals surface area contributed by atoms with E-state index in [1.807, 2.05) is 12.3 Å². The van der Waals surface area contributed by atoms with Crippen LogP contribution >= 0.6 is 22.7 Å². The Morgan fingerprint density at radius 2 is 1.86 bits per heavy atom. The van der Waals surface area contributed by atoms with Crippen LogP contribution in [0.3, 0.4) is 0 Å². The molecule has 0 atom stereocenters. The number of carboxylic acid groups (broad SMARTS) is 1. The molecule has 7 nitrogen and oxygen atoms in total. The molecule has 9 heteroatoms. The number of carboxylic acids is 1. The van der Waals surface area contributed by atoms with E-state index in [4.69, 9.17) is 5.11 Å². The highest BCUT2D eigenvalue weighted by atomic mass is 32.1. The lowest BCUT2D eigenvalue weighted by molar-refractivity contribution is 0.0701. The summed E-state index contributed by atoms with van der Waals surface area (Å²) in [4.78, 5) is 31.1. The van der Waals surface area contributed by atoms with Gasteiger partial charge in [0.05, 0.1) is 18.8 Å². The molecule has 0 aliphatic carbocycles. The van der Waals surface area contributed by atoms with Gasteiger partial charge in [0.25, 0.3) is 0 Å². The van der Waals surface area contributed by atoms with Gasteiger partial charge in [-0.3, -0.25) is 0 Å². The highest BCUT2D eigenvalue weighted by Crippen LogP contribution is 2.17. The number of hydrogen-bond donors (Lipinski definition) is 3. The van der Waals surface area contributed by atoms with E-state index in [1.165, 1.54) is 11.3 Å². The number of aryl methyl sites for hydroxylation is 2. The molecule has 112 valence electrons. The average Bonchev–Trinajstić information content (AvgIpc) is 3.00. The van der Waals surface area contributed by atoms with Gasteiger partial charge in [-0.25, -0.2) is 19.6 Å². The quantitative estimate of drug-likeness (QED) is 0.778. The largest absolute Gasteiger partial charge is 0.477 e. The lowest BCUT2D eigenvalue weighted by Crippen LogP contribution is -2.34. The topological polar surface area (TPSA) is 104 Å². The van der Waals surface area contributed by atoms with Gasteiger partial charge >= 0.3 is 12.0 Å². The Morgan fingerprint density at radius 3 is 2.38 bits per heavy atom. The molecule has 0 saturated heterocycles. The minimum absolute atomic E-state index is 0.196. The summed E-state index contributed by atoms with van der Waals surface area (Å²) in [5, 5.41) is 17.6. The number of aromatic nitrogens is 2. The van der Waals surface area contributed by atoms with Crippen molar-refractivity contribution in [3.8, 4) is 0 Å². The van der Waals surface area contributed by atoms with Crippen LogP contribution in [0.2, 0.25) is 0 Å². The van der Waals surface area contributed by atoms with Gasteiger partial charge in [-0.1, -0.05) is 0 Å². The zero-order chi connectivity index (χ0) is 15.4. The molecule has 0 aliphatic rings. The fourth-order valence-electron chi connectivity index (χ4n) is 1.58. The Balaban J connectivity index is 1.81. The summed E-state index contributed by atoms with van der Waals surface area (Å²) in [6.45, 7) is 4.09. The number of rotatable bonds is 5. The van der Waals surface area contributed by atoms with Gasteiger partial charge in [-0.05, 0) is 13.8 Å². The van der Waals surface area contributed by atoms with Crippen molar-refractivity contribution in [2.45, 2.75) is 26.9 Å². The second kappa shape index (κ2) is 6.64. The number of carbonyl (C=O) groups is 2. The van der Waals surface area contributed by atoms with Crippen LogP contribution in [0.25, 0.3) is 0 Å². The molecule has 2 aromatic rings. The minimum atomic E-state index is -1.00. The van der Waals surface area contributed by atoms with Crippen LogP contribution in [0, 0.1) is 13.8 Å². The molecule has 21 heavy (non-hydrogen) atoms. The molecule has 3 N–H and O–H groups in total. The molecular weight excluding hydrogens is 312 g/mol. The Bertz CT molecular complexity index is 665. The zero-order valence-electron chi connectivity index (χ0n) is 11.5. The maximum atomic E-state index is 11.6. The predicted molar refractivity (Wildman–Crippen MR) is 79.7 cm³/mol. The Morgan fingerprint density at radius 1 is 1.19 bits per heavy atom. The predicted octanol–water partition coefficient (Wildman–Crippen LogP) is 1.91. The first-order chi connectivity index (χ1) is 9.95. The van der Waals surface area contributed by atoms with E-state index >= 15 is 0 Å². The first-order valence-electron chi connectivity index (χ1n) is 6.08. The normalized spacial score (nSPS) is 10.4. The summed E-state index contributed by atoms with van der Waals surface area (Å²) in [5.74, 6) is -1.00. The molecule has 2 amide bonds. The number of amides is 2. The van der Waals surface area contributed by atoms with Crippen molar-refractivity contribution in [3.63, 3.8) is 0 Å². The second-order valence-corrected chi connectivity index (χ2v) is 6.27. The maximum Gasteiger partial charge on any atom is 0.347 e. The van der Waals surface area contributed by atoms with Gasteiger partial charge in [-0.15, -0.1) is 22.7 Å². The smallest absolute Gasteiger partial charge is 0.347 e. The molecule has 2 heterocycles. The van der Waals surface area contributed by atoms with Gasteiger partial charge in [0, 0.05) is 11.1 Å². The van der Waals surface area contributed by atoms with Gasteiger partial charge in [0.15, 0.2) is 0 Å². The van der Waals surface area contributed by atoms with Crippen molar-refractivity contribution < 1.29 is 14.7 Å². The van der Waals surface area contributed by atoms with E-state index < -0.39 is 5.97 Å². The lowest BCUT2D eigenvalue weighted by atomic mass is 10.4. The Labute approximate surface area is 129 Å². The number of hydrogen-bond acceptors (Lipinski definition) is 6. The Kier molecular flexibility index (Phi) is 4.86. The van der Waals surface area contributed by atoms with Crippen molar-refractivity contribution in [1.82, 2.24) is 20.6 Å². The van der Waals surface area contributed by atoms with E-state index in [-0.39, 0.29) is 17.5 Å². The molecule has 2 aromatic heterocycles. The van der Waals surface area contributed by atoms with Gasteiger partial charge in [0.2, 0.25) is 0 Å². The van der Waals surface area contributed by atoms with Crippen molar-refractivity contribution in [1.29, 1.82) is 0 Å². The average molecular weight is 326 g/mol. The summed E-state index contributed by atoms with van der Waals surface area (Å²) in [5.41, 5.74) is 1.39. The molecule has 0 aromatic carbocycles. The Hall–Kier alpha value is -2.00. The number of nitrogens with zero attached hydrogens (tertiary/aromatic N) is 2. The third kappa shape index (κ3) is 4.23. The zero-order valence-corrected chi connectivity index (χ0v) is 13.1. The second-order valence-electron chi connectivity index (χ2n) is 4.25. The van der Waals surface area contributed by atoms with Gasteiger partial charge in [-0.2, -0.15) is 0 Å². The molecule has 0 saturated carbocycles. The number of nitrogens with one attached hydrogen (secondary N) is 2. The highest BCUT2D eigenvalue weighted by molar-refractivity contribution is 7.13. The standard InChI is InChI=1S/C12H14N4O3S2/c1-6-5-20-8(15-6)3-13-12(19)14-4-9-16-7(2)10(21-9)11(17)18/h5H,3-4H2,1-2H3,(H,17,18)(H2,13,14,19). The van der Waals surface area contributed by atoms with Crippen LogP contribution in [0.15, 0.2) is 5.38 Å². The number of aromatic carboxylic acids is 1. The van der Waals surface area contributed by atoms with Crippen LogP contribution in [-0.4, -0.2) is 27.1 Å². The number of thiazole rings is 2. The van der Waals surface area contributed by atoms with Crippen molar-refractivity contribution >= 4 is 34.7 Å². The molecule has 0 spiro atoms. The summed E-state index contributed by atoms with van der Waals surface area (Å²) in [6.07, 6.45) is 0. The molecule has 0 unspecified atom stereocenters. The fourth-order valence-corrected chi connectivity index (χ4v) is 3.14. The van der Waals surface area contributed by atoms with E-state index in [2.05, 4.69) is 20.6 Å². The SMILES string of the molecule is Cc1csc(CNC(=O)NCc2nc(C)c(C(=O)O)s2)n1. The molecule has 0 bridgehead atoms. The van der Waals surface area contributed by atoms with Crippen LogP contribution in [0.1, 0.15) is 31.1 Å². The van der Waals surface area contributed by atoms with Crippen LogP contribution in [0.5, 0.6) is 0 Å². The molecule has 0 fully saturated rings. The van der Waals surface area contributed by atoms with E-state index in [0.29, 0.717) is 17.2 Å². The van der Waals surface area contributed by atoms with Gasteiger partial charge < -0.3 is 15.7 Å². The lowest BCUT2D eigenvalue weighted by Gasteiger charge is -2.04. The third-order valence-electron chi connectivity index (χ3n) is 2.50. The summed E-state index contributed by atoms with van der Waals surface area (Å²) in [6, 6.07) is -0.340. The van der Waals surface area contributed by atoms with Crippen molar-refractivity contribution in [2.24, 2.45) is 0 Å². The third-order valence-corrected chi connectivity index (χ3v) is 4.61. The highest BCUT2D eigenvalue weighted by Gasteiger charge is 2.14. The van der Waals surface area contributed by atoms with E-state index in [9.17, 15) is 9.59 Å². The van der Waals surface area contributed by atoms with Crippen molar-refractivity contribution in [2.75, 3.05) is 0 Å². The molecule has 0 aliphatic heterocycles. The maximum absolute atomic E-state index is 11.6. The fraction of sp³-hybridized carbons (Fsp3) is 0.333. The first kappa shape index (κ1) is 15.4. The van der Waals surface area contributed by atoms with E-state index in [1.54, 1.807) is 6.92 Å². The number of carbonyl (C=O) groups excluding carboxylic acids is 1. The number of urea groups is 1. The molecular formula is C12H14N4O3S2. The summed E-state index contributed by atoms with van der Waals surface area (Å²) < 4.78 is 0. The van der Waals surface area contributed by atoms with Gasteiger partial charge in [0.1, 0.15) is 14.9 Å². The van der Waals surface area contributed by atoms with Crippen LogP contribution < -0.4 is 10.6 Å². The van der Waals surface area contributed by atoms with Crippen molar-refractivity contribution in [3.05, 3.63) is 31.7 Å². The molecule has 2 rings (SSSR count). The summed E-state index contributed by atoms with van der Waals surface area (Å²) in [7, 11) is 0. The van der Waals surface area contributed by atoms with E-state index in [0.717, 1.165) is 22.0 Å². The molecule has 0 radical (unpaired) electrons. The summed E-state index contributed by atoms with van der Waals surface area (Å²) >= 11 is 2.55. The minimum Gasteiger partial charge on any atom is -0.477 e. The monoisotopic (exact) mass is 326 g/mol. The van der Waals surface area contributed by atoms with Crippen LogP contribution in [-0.2, 0) is 13.1 Å². The first-order valence-corrected chi connectivity index (χ1v) is 7.77.